The number of nitro groups is 3. The van der Waals surface area contributed by atoms with Gasteiger partial charge in [-0.3, -0.25) is 30.3 Å². The highest BCUT2D eigenvalue weighted by atomic mass is 17.0. The van der Waals surface area contributed by atoms with E-state index in [9.17, 15) is 45.6 Å². The van der Waals surface area contributed by atoms with Crippen molar-refractivity contribution in [2.75, 3.05) is 13.2 Å². The van der Waals surface area contributed by atoms with Crippen LogP contribution in [-0.4, -0.2) is 38.2 Å². The van der Waals surface area contributed by atoms with Gasteiger partial charge in [-0.2, -0.15) is 0 Å². The minimum atomic E-state index is -1.45. The van der Waals surface area contributed by atoms with Gasteiger partial charge in [0.15, 0.2) is 0 Å². The van der Waals surface area contributed by atoms with Crippen molar-refractivity contribution < 1.29 is 34.5 Å². The third kappa shape index (κ3) is 3.86. The molecule has 15 nitrogen and oxygen atoms in total. The number of ether oxygens (including phenoxy) is 1. The Morgan fingerprint density at radius 3 is 1.91 bits per heavy atom. The fraction of sp³-hybridized carbons (Fsp3) is 0.250. The van der Waals surface area contributed by atoms with E-state index in [1.807, 2.05) is 0 Å². The number of phenolic OH excluding ortho intramolecular Hbond substituents is 1. The van der Waals surface area contributed by atoms with Gasteiger partial charge in [-0.05, 0) is 0 Å². The zero-order chi connectivity index (χ0) is 17.7. The third-order valence-corrected chi connectivity index (χ3v) is 2.29. The summed E-state index contributed by atoms with van der Waals surface area (Å²) in [7, 11) is 0. The van der Waals surface area contributed by atoms with Gasteiger partial charge in [0, 0.05) is 0 Å². The van der Waals surface area contributed by atoms with Crippen LogP contribution < -0.4 is 4.74 Å². The summed E-state index contributed by atoms with van der Waals surface area (Å²) in [5.74, 6) is -2.54. The first-order valence-corrected chi connectivity index (χ1v) is 5.40. The maximum Gasteiger partial charge on any atom is 0.366 e. The van der Waals surface area contributed by atoms with E-state index in [1.54, 1.807) is 0 Å². The van der Waals surface area contributed by atoms with Gasteiger partial charge in [-0.25, -0.2) is 0 Å². The normalized spacial score (nSPS) is 9.91. The summed E-state index contributed by atoms with van der Waals surface area (Å²) in [6, 6.07) is 0.270. The number of phenols is 1. The predicted molar refractivity (Wildman–Crippen MR) is 66.5 cm³/mol. The number of benzene rings is 1. The lowest BCUT2D eigenvalue weighted by Crippen LogP contribution is -2.12. The molecule has 1 aromatic carbocycles. The average molecular weight is 334 g/mol. The molecule has 0 bridgehead atoms. The van der Waals surface area contributed by atoms with Crippen LogP contribution >= 0.6 is 0 Å². The Balaban J connectivity index is 3.37. The Morgan fingerprint density at radius 1 is 0.913 bits per heavy atom. The summed E-state index contributed by atoms with van der Waals surface area (Å²) in [5.41, 5.74) is -3.84. The highest BCUT2D eigenvalue weighted by molar-refractivity contribution is 5.74. The molecule has 0 aliphatic rings. The molecule has 0 atom stereocenters. The highest BCUT2D eigenvalue weighted by Crippen LogP contribution is 2.48. The first kappa shape index (κ1) is 17.3. The molecule has 0 aromatic heterocycles. The number of nitro benzene ring substituents is 3. The molecular formula is C8H6N4O11. The molecule has 0 fully saturated rings. The highest BCUT2D eigenvalue weighted by Gasteiger charge is 2.38. The second-order valence-corrected chi connectivity index (χ2v) is 3.62. The summed E-state index contributed by atoms with van der Waals surface area (Å²) in [6.07, 6.45) is 0. The molecular weight excluding hydrogens is 328 g/mol. The molecule has 0 aliphatic carbocycles. The number of aromatic hydroxyl groups is 1. The first-order chi connectivity index (χ1) is 10.7. The van der Waals surface area contributed by atoms with Crippen molar-refractivity contribution in [1.82, 2.24) is 0 Å². The van der Waals surface area contributed by atoms with Crippen molar-refractivity contribution in [3.8, 4) is 11.5 Å². The lowest BCUT2D eigenvalue weighted by atomic mass is 10.2. The maximum absolute atomic E-state index is 10.9. The van der Waals surface area contributed by atoms with Crippen LogP contribution in [0.15, 0.2) is 6.07 Å². The minimum absolute atomic E-state index is 0.270. The van der Waals surface area contributed by atoms with E-state index in [4.69, 9.17) is 0 Å². The fourth-order valence-electron chi connectivity index (χ4n) is 1.46. The Hall–Kier alpha value is -3.78. The van der Waals surface area contributed by atoms with Crippen LogP contribution in [0.25, 0.3) is 0 Å². The quantitative estimate of drug-likeness (QED) is 0.396. The van der Waals surface area contributed by atoms with E-state index in [-0.39, 0.29) is 6.07 Å². The van der Waals surface area contributed by atoms with Crippen LogP contribution in [0, 0.1) is 40.5 Å². The lowest BCUT2D eigenvalue weighted by Gasteiger charge is -2.08. The summed E-state index contributed by atoms with van der Waals surface area (Å²) in [6.45, 7) is -1.45. The summed E-state index contributed by atoms with van der Waals surface area (Å²) < 4.78 is 4.66. The third-order valence-electron chi connectivity index (χ3n) is 2.29. The van der Waals surface area contributed by atoms with Gasteiger partial charge in [0.25, 0.3) is 16.6 Å². The molecule has 0 aliphatic heterocycles. The monoisotopic (exact) mass is 334 g/mol. The van der Waals surface area contributed by atoms with Gasteiger partial charge in [0.2, 0.25) is 0 Å². The average Bonchev–Trinajstić information content (AvgIpc) is 2.41. The largest absolute Gasteiger partial charge is 0.497 e. The lowest BCUT2D eigenvalue weighted by molar-refractivity contribution is -0.757. The first-order valence-electron chi connectivity index (χ1n) is 5.40. The van der Waals surface area contributed by atoms with E-state index in [1.165, 1.54) is 0 Å². The Labute approximate surface area is 124 Å². The van der Waals surface area contributed by atoms with Gasteiger partial charge in [0.1, 0.15) is 19.3 Å². The van der Waals surface area contributed by atoms with Crippen LogP contribution in [0.3, 0.4) is 0 Å². The maximum atomic E-state index is 10.9. The molecule has 23 heavy (non-hydrogen) atoms. The van der Waals surface area contributed by atoms with Crippen LogP contribution in [0.2, 0.25) is 0 Å². The molecule has 15 heteroatoms. The molecule has 124 valence electrons. The van der Waals surface area contributed by atoms with Gasteiger partial charge in [-0.1, -0.05) is 0 Å². The van der Waals surface area contributed by atoms with Gasteiger partial charge >= 0.3 is 17.1 Å². The number of nitrogens with zero attached hydrogens (tertiary/aromatic N) is 4. The topological polar surface area (TPSA) is 211 Å². The molecule has 0 unspecified atom stereocenters. The molecule has 0 radical (unpaired) electrons. The molecule has 0 amide bonds. The van der Waals surface area contributed by atoms with E-state index in [0.717, 1.165) is 0 Å². The number of hydrogen-bond donors (Lipinski definition) is 1. The second kappa shape index (κ2) is 6.78. The van der Waals surface area contributed by atoms with Crippen molar-refractivity contribution >= 4 is 17.1 Å². The Bertz CT molecular complexity index is 687. The SMILES string of the molecule is O=[N+]([O-])OCCOc1c([N+](=O)[O-])cc([N+](=O)[O-])c(O)c1[N+](=O)[O-]. The zero-order valence-corrected chi connectivity index (χ0v) is 10.8. The van der Waals surface area contributed by atoms with Crippen molar-refractivity contribution in [3.63, 3.8) is 0 Å². The molecule has 0 spiro atoms. The van der Waals surface area contributed by atoms with E-state index in [2.05, 4.69) is 9.57 Å². The van der Waals surface area contributed by atoms with Crippen molar-refractivity contribution in [3.05, 3.63) is 46.5 Å². The minimum Gasteiger partial charge on any atom is -0.497 e. The molecule has 1 aromatic rings. The fourth-order valence-corrected chi connectivity index (χ4v) is 1.46. The van der Waals surface area contributed by atoms with Crippen LogP contribution in [0.4, 0.5) is 17.1 Å². The Morgan fingerprint density at radius 2 is 1.48 bits per heavy atom. The molecule has 0 heterocycles. The van der Waals surface area contributed by atoms with Gasteiger partial charge in [0.05, 0.1) is 14.8 Å². The zero-order valence-electron chi connectivity index (χ0n) is 10.8. The van der Waals surface area contributed by atoms with E-state index in [0.29, 0.717) is 0 Å². The summed E-state index contributed by atoms with van der Waals surface area (Å²) >= 11 is 0. The van der Waals surface area contributed by atoms with Crippen LogP contribution in [0.5, 0.6) is 11.5 Å². The molecule has 0 saturated heterocycles. The van der Waals surface area contributed by atoms with Crippen molar-refractivity contribution in [2.24, 2.45) is 0 Å². The van der Waals surface area contributed by atoms with Crippen molar-refractivity contribution in [2.45, 2.75) is 0 Å². The van der Waals surface area contributed by atoms with Gasteiger partial charge < -0.3 is 14.7 Å². The van der Waals surface area contributed by atoms with Crippen LogP contribution in [0.1, 0.15) is 0 Å². The number of hydrogen-bond acceptors (Lipinski definition) is 11. The molecule has 1 N–H and O–H groups in total. The standard InChI is InChI=1S/C8H6N4O11/c13-7-4(9(14)15)3-5(10(16)17)8(6(7)11(18)19)22-1-2-23-12(20)21/h3,13H,1-2H2. The van der Waals surface area contributed by atoms with Gasteiger partial charge in [-0.15, -0.1) is 10.1 Å². The molecule has 1 rings (SSSR count). The second-order valence-electron chi connectivity index (χ2n) is 3.62. The summed E-state index contributed by atoms with van der Waals surface area (Å²) in [5, 5.41) is 50.8. The summed E-state index contributed by atoms with van der Waals surface area (Å²) in [4.78, 5) is 42.5. The van der Waals surface area contributed by atoms with Crippen molar-refractivity contribution in [1.29, 1.82) is 0 Å². The number of rotatable bonds is 8. The predicted octanol–water partition coefficient (Wildman–Crippen LogP) is 0.704. The van der Waals surface area contributed by atoms with E-state index >= 15 is 0 Å². The Kier molecular flexibility index (Phi) is 5.09. The molecule has 0 saturated carbocycles. The van der Waals surface area contributed by atoms with E-state index < -0.39 is 61.6 Å². The smallest absolute Gasteiger partial charge is 0.366 e. The van der Waals surface area contributed by atoms with Crippen LogP contribution in [-0.2, 0) is 4.84 Å².